The molecular formula is C17H18ClN5O. The number of amides is 1. The first-order chi connectivity index (χ1) is 11.4. The highest BCUT2D eigenvalue weighted by molar-refractivity contribution is 6.30. The smallest absolute Gasteiger partial charge is 0.258 e. The average molecular weight is 344 g/mol. The van der Waals surface area contributed by atoms with E-state index in [1.54, 1.807) is 28.9 Å². The van der Waals surface area contributed by atoms with E-state index in [4.69, 9.17) is 11.6 Å². The van der Waals surface area contributed by atoms with Gasteiger partial charge in [0, 0.05) is 18.9 Å². The normalized spacial score (nSPS) is 11.2. The van der Waals surface area contributed by atoms with Crippen LogP contribution in [0, 0.1) is 6.92 Å². The topological polar surface area (TPSA) is 62.5 Å². The fourth-order valence-electron chi connectivity index (χ4n) is 2.44. The molecule has 6 nitrogen and oxygen atoms in total. The molecular weight excluding hydrogens is 326 g/mol. The molecule has 1 N–H and O–H groups in total. The van der Waals surface area contributed by atoms with Crippen LogP contribution in [0.4, 0.5) is 5.82 Å². The molecule has 0 bridgehead atoms. The number of rotatable bonds is 4. The van der Waals surface area contributed by atoms with Crippen LogP contribution in [0.25, 0.3) is 5.65 Å². The predicted molar refractivity (Wildman–Crippen MR) is 94.5 cm³/mol. The quantitative estimate of drug-likeness (QED) is 0.791. The number of aromatic nitrogens is 3. The molecule has 124 valence electrons. The lowest BCUT2D eigenvalue weighted by atomic mass is 10.2. The van der Waals surface area contributed by atoms with Gasteiger partial charge in [-0.3, -0.25) is 14.2 Å². The fourth-order valence-corrected chi connectivity index (χ4v) is 2.60. The van der Waals surface area contributed by atoms with E-state index in [0.717, 1.165) is 23.6 Å². The first-order valence-corrected chi connectivity index (χ1v) is 7.87. The molecule has 24 heavy (non-hydrogen) atoms. The second-order valence-electron chi connectivity index (χ2n) is 5.85. The van der Waals surface area contributed by atoms with Gasteiger partial charge in [0.05, 0.1) is 22.0 Å². The number of aryl methyl sites for hydroxylation is 1. The van der Waals surface area contributed by atoms with Gasteiger partial charge in [0.1, 0.15) is 11.5 Å². The van der Waals surface area contributed by atoms with E-state index in [-0.39, 0.29) is 5.91 Å². The number of hydrogen-bond acceptors (Lipinski definition) is 4. The van der Waals surface area contributed by atoms with E-state index < -0.39 is 0 Å². The number of pyridine rings is 2. The number of imidazole rings is 1. The molecule has 0 saturated carbocycles. The zero-order chi connectivity index (χ0) is 17.3. The average Bonchev–Trinajstić information content (AvgIpc) is 2.83. The summed E-state index contributed by atoms with van der Waals surface area (Å²) in [5.74, 6) is 0.374. The van der Waals surface area contributed by atoms with Crippen LogP contribution in [0.2, 0.25) is 5.02 Å². The van der Waals surface area contributed by atoms with Crippen molar-refractivity contribution in [2.24, 2.45) is 0 Å². The summed E-state index contributed by atoms with van der Waals surface area (Å²) in [5, 5.41) is 3.46. The molecule has 7 heteroatoms. The SMILES string of the molecule is Cc1nc2ccc(Cl)cn2c1NC(=O)c1ccc(CN(C)C)nc1. The van der Waals surface area contributed by atoms with Crippen molar-refractivity contribution in [2.45, 2.75) is 13.5 Å². The van der Waals surface area contributed by atoms with Crippen molar-refractivity contribution in [1.29, 1.82) is 0 Å². The van der Waals surface area contributed by atoms with Crippen molar-refractivity contribution >= 4 is 29.0 Å². The van der Waals surface area contributed by atoms with E-state index >= 15 is 0 Å². The van der Waals surface area contributed by atoms with Gasteiger partial charge in [-0.2, -0.15) is 0 Å². The summed E-state index contributed by atoms with van der Waals surface area (Å²) in [6.07, 6.45) is 3.31. The van der Waals surface area contributed by atoms with E-state index in [1.807, 2.05) is 38.1 Å². The molecule has 3 rings (SSSR count). The molecule has 0 aliphatic rings. The summed E-state index contributed by atoms with van der Waals surface area (Å²) in [4.78, 5) is 23.3. The summed E-state index contributed by atoms with van der Waals surface area (Å²) in [6.45, 7) is 2.57. The van der Waals surface area contributed by atoms with Gasteiger partial charge < -0.3 is 10.2 Å². The highest BCUT2D eigenvalue weighted by Crippen LogP contribution is 2.21. The summed E-state index contributed by atoms with van der Waals surface area (Å²) in [6, 6.07) is 7.20. The van der Waals surface area contributed by atoms with Gasteiger partial charge in [0.25, 0.3) is 5.91 Å². The number of hydrogen-bond donors (Lipinski definition) is 1. The van der Waals surface area contributed by atoms with E-state index in [1.165, 1.54) is 0 Å². The third-order valence-corrected chi connectivity index (χ3v) is 3.78. The lowest BCUT2D eigenvalue weighted by Crippen LogP contribution is -2.16. The molecule has 0 aliphatic heterocycles. The standard InChI is InChI=1S/C17H18ClN5O/c1-11-16(23-9-13(18)5-7-15(23)20-11)21-17(24)12-4-6-14(19-8-12)10-22(2)3/h4-9H,10H2,1-3H3,(H,21,24). The van der Waals surface area contributed by atoms with Gasteiger partial charge >= 0.3 is 0 Å². The molecule has 0 aromatic carbocycles. The third kappa shape index (κ3) is 3.39. The van der Waals surface area contributed by atoms with Gasteiger partial charge in [0.15, 0.2) is 0 Å². The molecule has 3 aromatic rings. The Morgan fingerprint density at radius 3 is 2.75 bits per heavy atom. The summed E-state index contributed by atoms with van der Waals surface area (Å²) in [5.41, 5.74) is 2.86. The number of anilines is 1. The monoisotopic (exact) mass is 343 g/mol. The number of carbonyl (C=O) groups is 1. The molecule has 1 amide bonds. The highest BCUT2D eigenvalue weighted by Gasteiger charge is 2.14. The van der Waals surface area contributed by atoms with Crippen molar-refractivity contribution in [3.63, 3.8) is 0 Å². The minimum Gasteiger partial charge on any atom is -0.306 e. The van der Waals surface area contributed by atoms with Crippen LogP contribution >= 0.6 is 11.6 Å². The Morgan fingerprint density at radius 1 is 1.29 bits per heavy atom. The van der Waals surface area contributed by atoms with Gasteiger partial charge in [-0.15, -0.1) is 0 Å². The van der Waals surface area contributed by atoms with Crippen LogP contribution in [0.3, 0.4) is 0 Å². The largest absolute Gasteiger partial charge is 0.306 e. The highest BCUT2D eigenvalue weighted by atomic mass is 35.5. The van der Waals surface area contributed by atoms with Crippen molar-refractivity contribution in [1.82, 2.24) is 19.3 Å². The second kappa shape index (κ2) is 6.59. The van der Waals surface area contributed by atoms with Crippen LogP contribution in [0.15, 0.2) is 36.7 Å². The zero-order valence-electron chi connectivity index (χ0n) is 13.7. The number of halogens is 1. The molecule has 0 aliphatic carbocycles. The Morgan fingerprint density at radius 2 is 2.08 bits per heavy atom. The number of nitrogens with zero attached hydrogens (tertiary/aromatic N) is 4. The van der Waals surface area contributed by atoms with E-state index in [9.17, 15) is 4.79 Å². The fraction of sp³-hybridized carbons (Fsp3) is 0.235. The maximum absolute atomic E-state index is 12.5. The molecule has 0 fully saturated rings. The summed E-state index contributed by atoms with van der Waals surface area (Å²) in [7, 11) is 3.95. The molecule has 0 spiro atoms. The van der Waals surface area contributed by atoms with Crippen LogP contribution in [-0.4, -0.2) is 39.3 Å². The lowest BCUT2D eigenvalue weighted by molar-refractivity contribution is 0.102. The maximum atomic E-state index is 12.5. The Bertz CT molecular complexity index is 886. The number of carbonyl (C=O) groups excluding carboxylic acids is 1. The predicted octanol–water partition coefficient (Wildman–Crippen LogP) is 3.01. The van der Waals surface area contributed by atoms with Crippen molar-refractivity contribution in [3.8, 4) is 0 Å². The van der Waals surface area contributed by atoms with Crippen LogP contribution < -0.4 is 5.32 Å². The van der Waals surface area contributed by atoms with Crippen LogP contribution in [0.1, 0.15) is 21.7 Å². The minimum atomic E-state index is -0.233. The Kier molecular flexibility index (Phi) is 4.51. The minimum absolute atomic E-state index is 0.233. The van der Waals surface area contributed by atoms with E-state index in [0.29, 0.717) is 16.4 Å². The molecule has 3 heterocycles. The summed E-state index contributed by atoms with van der Waals surface area (Å²) >= 11 is 6.04. The second-order valence-corrected chi connectivity index (χ2v) is 6.29. The van der Waals surface area contributed by atoms with Crippen molar-refractivity contribution in [3.05, 3.63) is 58.6 Å². The zero-order valence-corrected chi connectivity index (χ0v) is 14.5. The summed E-state index contributed by atoms with van der Waals surface area (Å²) < 4.78 is 1.77. The van der Waals surface area contributed by atoms with Gasteiger partial charge in [0.2, 0.25) is 0 Å². The van der Waals surface area contributed by atoms with Crippen molar-refractivity contribution < 1.29 is 4.79 Å². The van der Waals surface area contributed by atoms with Gasteiger partial charge in [-0.05, 0) is 45.3 Å². The maximum Gasteiger partial charge on any atom is 0.258 e. The van der Waals surface area contributed by atoms with Crippen LogP contribution in [0.5, 0.6) is 0 Å². The Hall–Kier alpha value is -2.44. The first-order valence-electron chi connectivity index (χ1n) is 7.49. The molecule has 0 unspecified atom stereocenters. The Balaban J connectivity index is 1.84. The van der Waals surface area contributed by atoms with Gasteiger partial charge in [-0.1, -0.05) is 11.6 Å². The molecule has 0 radical (unpaired) electrons. The van der Waals surface area contributed by atoms with Crippen LogP contribution in [-0.2, 0) is 6.54 Å². The first kappa shape index (κ1) is 16.4. The molecule has 3 aromatic heterocycles. The molecule has 0 saturated heterocycles. The Labute approximate surface area is 145 Å². The van der Waals surface area contributed by atoms with Crippen molar-refractivity contribution in [2.75, 3.05) is 19.4 Å². The van der Waals surface area contributed by atoms with E-state index in [2.05, 4.69) is 15.3 Å². The molecule has 0 atom stereocenters. The lowest BCUT2D eigenvalue weighted by Gasteiger charge is -2.09. The number of nitrogens with one attached hydrogen (secondary N) is 1. The third-order valence-electron chi connectivity index (χ3n) is 3.55. The number of fused-ring (bicyclic) bond motifs is 1. The van der Waals surface area contributed by atoms with Gasteiger partial charge in [-0.25, -0.2) is 4.98 Å².